The van der Waals surface area contributed by atoms with Crippen LogP contribution in [0.25, 0.3) is 12.2 Å². The summed E-state index contributed by atoms with van der Waals surface area (Å²) in [5.74, 6) is 1.13. The van der Waals surface area contributed by atoms with Gasteiger partial charge in [0.2, 0.25) is 0 Å². The second-order valence-electron chi connectivity index (χ2n) is 7.27. The van der Waals surface area contributed by atoms with Crippen LogP contribution in [0.2, 0.25) is 0 Å². The van der Waals surface area contributed by atoms with Crippen LogP contribution in [-0.2, 0) is 25.8 Å². The molecular formula is C26H30Cl2Hf. The third-order valence-electron chi connectivity index (χ3n) is 5.32. The van der Waals surface area contributed by atoms with Crippen LogP contribution in [0.3, 0.4) is 0 Å². The molecule has 0 aliphatic heterocycles. The first-order chi connectivity index (χ1) is 12.8. The van der Waals surface area contributed by atoms with Crippen molar-refractivity contribution in [2.24, 2.45) is 0 Å². The molecule has 0 amide bonds. The van der Waals surface area contributed by atoms with Crippen LogP contribution in [0.1, 0.15) is 86.5 Å². The molecule has 3 heteroatoms. The second kappa shape index (κ2) is 15.2. The van der Waals surface area contributed by atoms with Gasteiger partial charge in [0.15, 0.2) is 0 Å². The molecule has 0 saturated heterocycles. The Morgan fingerprint density at radius 3 is 1.41 bits per heavy atom. The Balaban J connectivity index is 0.000000490. The maximum absolute atomic E-state index is 3.43. The van der Waals surface area contributed by atoms with Gasteiger partial charge >= 0.3 is 25.8 Å². The minimum absolute atomic E-state index is 0. The van der Waals surface area contributed by atoms with Crippen molar-refractivity contribution in [1.29, 1.82) is 0 Å². The molecule has 152 valence electrons. The van der Waals surface area contributed by atoms with Gasteiger partial charge in [0.05, 0.1) is 0 Å². The molecule has 4 rings (SSSR count). The van der Waals surface area contributed by atoms with Crippen LogP contribution in [-0.4, -0.2) is 0 Å². The van der Waals surface area contributed by atoms with E-state index in [9.17, 15) is 0 Å². The largest absolute Gasteiger partial charge is 4.00 e. The molecule has 2 aliphatic carbocycles. The minimum atomic E-state index is 0. The van der Waals surface area contributed by atoms with Gasteiger partial charge in [-0.1, -0.05) is 101 Å². The van der Waals surface area contributed by atoms with Crippen LogP contribution in [0.15, 0.2) is 48.5 Å². The van der Waals surface area contributed by atoms with E-state index in [1.165, 1.54) is 60.8 Å². The van der Waals surface area contributed by atoms with Gasteiger partial charge in [-0.15, -0.1) is 23.3 Å². The Kier molecular flexibility index (Phi) is 14.9. The molecule has 0 bridgehead atoms. The topological polar surface area (TPSA) is 0 Å². The standard InChI is InChI=1S/2C13H15.2ClH.Hf/c2*1-2-3-6-11-9-10-12-7-4-5-8-13(11)12;;;/h2*4-5,7-8,10-11H,2-3,6H2,1H3;2*1H;/q2*-1;;;+4/p-2. The Hall–Kier alpha value is -0.630. The van der Waals surface area contributed by atoms with E-state index in [4.69, 9.17) is 0 Å². The van der Waals surface area contributed by atoms with Gasteiger partial charge in [0, 0.05) is 0 Å². The van der Waals surface area contributed by atoms with E-state index in [2.05, 4.69) is 86.7 Å². The summed E-state index contributed by atoms with van der Waals surface area (Å²) in [4.78, 5) is 0. The van der Waals surface area contributed by atoms with Gasteiger partial charge in [-0.3, -0.25) is 12.2 Å². The zero-order chi connectivity index (χ0) is 18.2. The molecule has 0 fully saturated rings. The van der Waals surface area contributed by atoms with E-state index < -0.39 is 0 Å². The summed E-state index contributed by atoms with van der Waals surface area (Å²) in [6.07, 6.45) is 18.8. The first kappa shape index (κ1) is 28.4. The number of halogens is 2. The van der Waals surface area contributed by atoms with Gasteiger partial charge in [0.25, 0.3) is 0 Å². The summed E-state index contributed by atoms with van der Waals surface area (Å²) in [6.45, 7) is 4.48. The third-order valence-corrected chi connectivity index (χ3v) is 5.32. The number of hydrogen-bond acceptors (Lipinski definition) is 0. The van der Waals surface area contributed by atoms with Crippen LogP contribution < -0.4 is 24.8 Å². The normalized spacial score (nSPS) is 17.0. The summed E-state index contributed by atoms with van der Waals surface area (Å²) in [7, 11) is 0. The summed E-state index contributed by atoms with van der Waals surface area (Å²) in [6, 6.07) is 17.2. The molecule has 0 radical (unpaired) electrons. The quantitative estimate of drug-likeness (QED) is 0.354. The average molecular weight is 592 g/mol. The van der Waals surface area contributed by atoms with Crippen LogP contribution >= 0.6 is 0 Å². The molecule has 2 unspecified atom stereocenters. The molecule has 0 aromatic heterocycles. The van der Waals surface area contributed by atoms with E-state index in [0.29, 0.717) is 11.8 Å². The summed E-state index contributed by atoms with van der Waals surface area (Å²) in [5.41, 5.74) is 5.67. The fraction of sp³-hybridized carbons (Fsp3) is 0.385. The predicted molar refractivity (Wildman–Crippen MR) is 113 cm³/mol. The molecule has 0 saturated carbocycles. The number of benzene rings is 2. The molecule has 2 aromatic carbocycles. The van der Waals surface area contributed by atoms with Crippen LogP contribution in [0, 0.1) is 12.2 Å². The van der Waals surface area contributed by atoms with Crippen molar-refractivity contribution >= 4 is 12.2 Å². The van der Waals surface area contributed by atoms with E-state index in [0.717, 1.165) is 0 Å². The fourth-order valence-corrected chi connectivity index (χ4v) is 3.77. The molecule has 0 spiro atoms. The zero-order valence-electron chi connectivity index (χ0n) is 17.4. The maximum Gasteiger partial charge on any atom is 4.00 e. The van der Waals surface area contributed by atoms with Gasteiger partial charge < -0.3 is 24.8 Å². The van der Waals surface area contributed by atoms with Crippen molar-refractivity contribution in [2.45, 2.75) is 64.2 Å². The average Bonchev–Trinajstić information content (AvgIpc) is 3.29. The van der Waals surface area contributed by atoms with Crippen molar-refractivity contribution < 1.29 is 50.7 Å². The zero-order valence-corrected chi connectivity index (χ0v) is 22.5. The van der Waals surface area contributed by atoms with Gasteiger partial charge in [-0.05, 0) is 0 Å². The number of fused-ring (bicyclic) bond motifs is 2. The minimum Gasteiger partial charge on any atom is -1.00 e. The first-order valence-electron chi connectivity index (χ1n) is 10.2. The summed E-state index contributed by atoms with van der Waals surface area (Å²) in [5, 5.41) is 0. The van der Waals surface area contributed by atoms with Crippen LogP contribution in [0.5, 0.6) is 0 Å². The first-order valence-corrected chi connectivity index (χ1v) is 10.2. The van der Waals surface area contributed by atoms with E-state index in [1.807, 2.05) is 0 Å². The Labute approximate surface area is 208 Å². The maximum atomic E-state index is 3.43. The molecule has 0 N–H and O–H groups in total. The van der Waals surface area contributed by atoms with Crippen LogP contribution in [0.4, 0.5) is 0 Å². The van der Waals surface area contributed by atoms with Gasteiger partial charge in [0.1, 0.15) is 0 Å². The molecule has 2 aliphatic rings. The molecule has 0 nitrogen and oxygen atoms in total. The van der Waals surface area contributed by atoms with Crippen molar-refractivity contribution in [1.82, 2.24) is 0 Å². The molecule has 2 atom stereocenters. The summed E-state index contributed by atoms with van der Waals surface area (Å²) < 4.78 is 0. The molecule has 2 aromatic rings. The van der Waals surface area contributed by atoms with E-state index in [1.54, 1.807) is 0 Å². The van der Waals surface area contributed by atoms with Crippen molar-refractivity contribution in [3.8, 4) is 0 Å². The second-order valence-corrected chi connectivity index (χ2v) is 7.27. The Morgan fingerprint density at radius 1 is 0.655 bits per heavy atom. The fourth-order valence-electron chi connectivity index (χ4n) is 3.77. The van der Waals surface area contributed by atoms with Crippen molar-refractivity contribution in [3.05, 3.63) is 82.9 Å². The Morgan fingerprint density at radius 2 is 1.03 bits per heavy atom. The van der Waals surface area contributed by atoms with Gasteiger partial charge in [-0.25, -0.2) is 12.2 Å². The van der Waals surface area contributed by atoms with Gasteiger partial charge in [-0.2, -0.15) is 11.1 Å². The van der Waals surface area contributed by atoms with Crippen molar-refractivity contribution in [3.63, 3.8) is 0 Å². The van der Waals surface area contributed by atoms with E-state index in [-0.39, 0.29) is 50.7 Å². The van der Waals surface area contributed by atoms with Crippen molar-refractivity contribution in [2.75, 3.05) is 0 Å². The Bertz CT molecular complexity index is 701. The molecule has 0 heterocycles. The number of hydrogen-bond donors (Lipinski definition) is 0. The number of allylic oxidation sites excluding steroid dienone is 2. The smallest absolute Gasteiger partial charge is 1.00 e. The molecule has 29 heavy (non-hydrogen) atoms. The number of unbranched alkanes of at least 4 members (excludes halogenated alkanes) is 2. The number of rotatable bonds is 6. The molecular weight excluding hydrogens is 562 g/mol. The predicted octanol–water partition coefficient (Wildman–Crippen LogP) is 1.59. The SMILES string of the molecule is CCCCC1[C-]=Cc2ccccc21.CCCCC1[C-]=Cc2ccccc21.[Cl-].[Cl-].[Hf+4]. The third kappa shape index (κ3) is 7.85. The summed E-state index contributed by atoms with van der Waals surface area (Å²) >= 11 is 0. The van der Waals surface area contributed by atoms with E-state index >= 15 is 0 Å². The monoisotopic (exact) mass is 592 g/mol.